The van der Waals surface area contributed by atoms with E-state index >= 15 is 0 Å². The predicted octanol–water partition coefficient (Wildman–Crippen LogP) is 4.86. The van der Waals surface area contributed by atoms with Gasteiger partial charge in [-0.15, -0.1) is 0 Å². The molecular formula is C22H21N3O3S2. The number of carbonyl (C=O) groups is 2. The van der Waals surface area contributed by atoms with Crippen LogP contribution < -0.4 is 4.90 Å². The summed E-state index contributed by atoms with van der Waals surface area (Å²) in [6.45, 7) is 4.58. The Morgan fingerprint density at radius 3 is 2.47 bits per heavy atom. The van der Waals surface area contributed by atoms with Crippen LogP contribution in [-0.2, 0) is 9.53 Å². The van der Waals surface area contributed by atoms with Crippen LogP contribution in [0.5, 0.6) is 0 Å². The molecule has 2 heterocycles. The van der Waals surface area contributed by atoms with Crippen LogP contribution in [0.25, 0.3) is 0 Å². The molecule has 8 heteroatoms. The van der Waals surface area contributed by atoms with Crippen molar-refractivity contribution in [3.8, 4) is 0 Å². The highest BCUT2D eigenvalue weighted by Gasteiger charge is 2.38. The third-order valence-corrected chi connectivity index (χ3v) is 7.15. The second kappa shape index (κ2) is 8.57. The van der Waals surface area contributed by atoms with E-state index in [2.05, 4.69) is 22.0 Å². The minimum atomic E-state index is -0.356. The number of likely N-dealkylation sites (N-methyl/N-ethyl adjacent to an activating group) is 1. The van der Waals surface area contributed by atoms with E-state index in [1.54, 1.807) is 47.9 Å². The normalized spacial score (nSPS) is 19.6. The number of amides is 1. The van der Waals surface area contributed by atoms with Gasteiger partial charge in [-0.05, 0) is 62.0 Å². The number of aliphatic imine (C=N–C) groups is 1. The van der Waals surface area contributed by atoms with Crippen molar-refractivity contribution in [2.45, 2.75) is 18.7 Å². The number of thioether (sulfide) groups is 2. The lowest BCUT2D eigenvalue weighted by Crippen LogP contribution is -2.29. The number of esters is 1. The van der Waals surface area contributed by atoms with E-state index < -0.39 is 0 Å². The van der Waals surface area contributed by atoms with Gasteiger partial charge >= 0.3 is 5.97 Å². The topological polar surface area (TPSA) is 62.2 Å². The predicted molar refractivity (Wildman–Crippen MR) is 122 cm³/mol. The van der Waals surface area contributed by atoms with Crippen molar-refractivity contribution in [3.63, 3.8) is 0 Å². The average Bonchev–Trinajstić information content (AvgIpc) is 3.25. The van der Waals surface area contributed by atoms with Crippen LogP contribution in [0.2, 0.25) is 0 Å². The van der Waals surface area contributed by atoms with Crippen LogP contribution in [0.15, 0.2) is 68.4 Å². The van der Waals surface area contributed by atoms with E-state index in [1.807, 2.05) is 26.1 Å². The molecule has 154 valence electrons. The van der Waals surface area contributed by atoms with Crippen molar-refractivity contribution in [3.05, 3.63) is 64.0 Å². The number of hydrogen-bond acceptors (Lipinski definition) is 7. The first kappa shape index (κ1) is 20.6. The third-order valence-electron chi connectivity index (χ3n) is 4.72. The lowest BCUT2D eigenvalue weighted by Gasteiger charge is -2.15. The van der Waals surface area contributed by atoms with E-state index in [1.165, 1.54) is 11.8 Å². The molecule has 1 amide bonds. The number of carbonyl (C=O) groups excluding carboxylic acids is 2. The first-order valence-corrected chi connectivity index (χ1v) is 11.3. The molecule has 0 aromatic heterocycles. The zero-order valence-electron chi connectivity index (χ0n) is 16.9. The van der Waals surface area contributed by atoms with Gasteiger partial charge in [0.15, 0.2) is 5.17 Å². The van der Waals surface area contributed by atoms with Gasteiger partial charge in [0.1, 0.15) is 4.91 Å². The van der Waals surface area contributed by atoms with Crippen molar-refractivity contribution in [1.82, 2.24) is 4.90 Å². The van der Waals surface area contributed by atoms with E-state index in [-0.39, 0.29) is 11.9 Å². The monoisotopic (exact) mass is 439 g/mol. The molecule has 0 bridgehead atoms. The molecule has 2 aliphatic rings. The Kier molecular flexibility index (Phi) is 5.87. The van der Waals surface area contributed by atoms with Gasteiger partial charge in [0.25, 0.3) is 5.91 Å². The quantitative estimate of drug-likeness (QED) is 0.501. The van der Waals surface area contributed by atoms with E-state index in [0.29, 0.717) is 34.5 Å². The number of benzene rings is 2. The number of anilines is 1. The molecule has 2 aromatic rings. The van der Waals surface area contributed by atoms with Gasteiger partial charge < -0.3 is 9.64 Å². The highest BCUT2D eigenvalue weighted by molar-refractivity contribution is 8.19. The molecule has 2 aliphatic heterocycles. The number of hydrogen-bond donors (Lipinski definition) is 0. The molecule has 2 aromatic carbocycles. The fraction of sp³-hybridized carbons (Fsp3) is 0.227. The fourth-order valence-electron chi connectivity index (χ4n) is 3.19. The summed E-state index contributed by atoms with van der Waals surface area (Å²) in [5.41, 5.74) is 2.26. The molecule has 0 atom stereocenters. The number of amidine groups is 1. The lowest BCUT2D eigenvalue weighted by atomic mass is 10.2. The molecule has 0 radical (unpaired) electrons. The average molecular weight is 440 g/mol. The van der Waals surface area contributed by atoms with Crippen molar-refractivity contribution in [2.75, 3.05) is 25.1 Å². The lowest BCUT2D eigenvalue weighted by molar-refractivity contribution is -0.122. The summed E-state index contributed by atoms with van der Waals surface area (Å²) in [5, 5.41) is 1.56. The zero-order valence-corrected chi connectivity index (χ0v) is 18.5. The maximum absolute atomic E-state index is 13.1. The Balaban J connectivity index is 1.63. The molecular weight excluding hydrogens is 418 g/mol. The molecule has 0 N–H and O–H groups in total. The van der Waals surface area contributed by atoms with Gasteiger partial charge in [0.2, 0.25) is 0 Å². The zero-order chi connectivity index (χ0) is 21.3. The molecule has 0 aliphatic carbocycles. The highest BCUT2D eigenvalue weighted by Crippen LogP contribution is 2.49. The van der Waals surface area contributed by atoms with Crippen LogP contribution in [-0.4, -0.2) is 42.1 Å². The van der Waals surface area contributed by atoms with Crippen molar-refractivity contribution < 1.29 is 14.3 Å². The number of rotatable bonds is 4. The van der Waals surface area contributed by atoms with Gasteiger partial charge in [-0.1, -0.05) is 23.9 Å². The summed E-state index contributed by atoms with van der Waals surface area (Å²) in [6, 6.07) is 15.0. The number of ether oxygens (including phenoxy) is 1. The van der Waals surface area contributed by atoms with Crippen molar-refractivity contribution in [2.24, 2.45) is 4.99 Å². The van der Waals surface area contributed by atoms with Gasteiger partial charge in [-0.25, -0.2) is 9.79 Å². The van der Waals surface area contributed by atoms with E-state index in [9.17, 15) is 9.59 Å². The standard InChI is InChI=1S/C22H21N3O3S2/c1-4-25-19(26)18(20-24(3)16-8-6-7-9-17(16)29-20)30-22(25)23-15-12-10-14(11-13-15)21(27)28-5-2/h6-13H,4-5H2,1-3H3/b20-18-,23-22?. The fourth-order valence-corrected chi connectivity index (χ4v) is 5.60. The Hall–Kier alpha value is -2.71. The number of nitrogens with zero attached hydrogens (tertiary/aromatic N) is 3. The summed E-state index contributed by atoms with van der Waals surface area (Å²) >= 11 is 3.00. The highest BCUT2D eigenvalue weighted by atomic mass is 32.2. The second-order valence-corrected chi connectivity index (χ2v) is 8.58. The second-order valence-electron chi connectivity index (χ2n) is 6.58. The summed E-state index contributed by atoms with van der Waals surface area (Å²) in [6.07, 6.45) is 0. The van der Waals surface area contributed by atoms with Crippen molar-refractivity contribution in [1.29, 1.82) is 0 Å². The van der Waals surface area contributed by atoms with Crippen LogP contribution >= 0.6 is 23.5 Å². The maximum Gasteiger partial charge on any atom is 0.338 e. The summed E-state index contributed by atoms with van der Waals surface area (Å²) in [4.78, 5) is 35.2. The van der Waals surface area contributed by atoms with E-state index in [4.69, 9.17) is 4.74 Å². The summed E-state index contributed by atoms with van der Waals surface area (Å²) < 4.78 is 5.01. The maximum atomic E-state index is 13.1. The SMILES string of the molecule is CCOC(=O)c1ccc(N=C2S/C(=C3\Sc4ccccc4N3C)C(=O)N2CC)cc1. The van der Waals surface area contributed by atoms with Crippen molar-refractivity contribution >= 4 is 51.9 Å². The first-order valence-electron chi connectivity index (χ1n) is 9.64. The summed E-state index contributed by atoms with van der Waals surface area (Å²) in [5.74, 6) is -0.392. The first-order chi connectivity index (χ1) is 14.5. The number of fused-ring (bicyclic) bond motifs is 1. The van der Waals surface area contributed by atoms with Gasteiger partial charge in [0, 0.05) is 18.5 Å². The van der Waals surface area contributed by atoms with Crippen LogP contribution in [0.3, 0.4) is 0 Å². The molecule has 4 rings (SSSR count). The molecule has 0 saturated carbocycles. The molecule has 1 saturated heterocycles. The smallest absolute Gasteiger partial charge is 0.338 e. The van der Waals surface area contributed by atoms with Gasteiger partial charge in [0.05, 0.1) is 28.6 Å². The van der Waals surface area contributed by atoms with Gasteiger partial charge in [-0.2, -0.15) is 0 Å². The molecule has 0 unspecified atom stereocenters. The van der Waals surface area contributed by atoms with Crippen LogP contribution in [0.4, 0.5) is 11.4 Å². The summed E-state index contributed by atoms with van der Waals surface area (Å²) in [7, 11) is 1.98. The molecule has 30 heavy (non-hydrogen) atoms. The van der Waals surface area contributed by atoms with Gasteiger partial charge in [-0.3, -0.25) is 9.69 Å². The number of para-hydroxylation sites is 1. The third kappa shape index (κ3) is 3.73. The molecule has 1 fully saturated rings. The largest absolute Gasteiger partial charge is 0.462 e. The Morgan fingerprint density at radius 2 is 1.80 bits per heavy atom. The molecule has 6 nitrogen and oxygen atoms in total. The minimum absolute atomic E-state index is 0.0356. The Labute approximate surface area is 184 Å². The Morgan fingerprint density at radius 1 is 1.07 bits per heavy atom. The minimum Gasteiger partial charge on any atom is -0.462 e. The van der Waals surface area contributed by atoms with Crippen LogP contribution in [0.1, 0.15) is 24.2 Å². The molecule has 0 spiro atoms. The van der Waals surface area contributed by atoms with Crippen LogP contribution in [0, 0.1) is 0 Å². The Bertz CT molecular complexity index is 1060. The van der Waals surface area contributed by atoms with E-state index in [0.717, 1.165) is 15.6 Å².